The summed E-state index contributed by atoms with van der Waals surface area (Å²) in [5, 5.41) is 15.7. The monoisotopic (exact) mass is 472 g/mol. The maximum absolute atomic E-state index is 13.6. The van der Waals surface area contributed by atoms with Crippen molar-refractivity contribution >= 4 is 11.7 Å². The Kier molecular flexibility index (Phi) is 6.36. The van der Waals surface area contributed by atoms with Crippen LogP contribution in [0.5, 0.6) is 5.88 Å². The first kappa shape index (κ1) is 23.1. The number of aromatic nitrogens is 5. The molecule has 2 aliphatic heterocycles. The van der Waals surface area contributed by atoms with Gasteiger partial charge in [0.15, 0.2) is 12.1 Å². The van der Waals surface area contributed by atoms with Gasteiger partial charge >= 0.3 is 6.18 Å². The van der Waals surface area contributed by atoms with Crippen molar-refractivity contribution in [3.05, 3.63) is 23.5 Å². The Hall–Kier alpha value is -3.03. The molecule has 4 heterocycles. The summed E-state index contributed by atoms with van der Waals surface area (Å²) in [7, 11) is 0. The molecule has 0 radical (unpaired) electrons. The molecule has 2 fully saturated rings. The van der Waals surface area contributed by atoms with Crippen LogP contribution < -0.4 is 9.64 Å². The number of alkyl halides is 4. The van der Waals surface area contributed by atoms with Crippen LogP contribution in [0.1, 0.15) is 24.6 Å². The van der Waals surface area contributed by atoms with Crippen LogP contribution in [0.3, 0.4) is 0 Å². The molecule has 0 spiro atoms. The third kappa shape index (κ3) is 5.31. The molecule has 10 nitrogen and oxygen atoms in total. The van der Waals surface area contributed by atoms with Gasteiger partial charge in [0.05, 0.1) is 24.8 Å². The minimum atomic E-state index is -4.28. The highest BCUT2D eigenvalue weighted by Crippen LogP contribution is 2.24. The van der Waals surface area contributed by atoms with Gasteiger partial charge in [0.25, 0.3) is 0 Å². The number of rotatable bonds is 6. The summed E-state index contributed by atoms with van der Waals surface area (Å²) >= 11 is 0. The van der Waals surface area contributed by atoms with Crippen LogP contribution in [0.25, 0.3) is 0 Å². The molecule has 180 valence electrons. The lowest BCUT2D eigenvalue weighted by molar-refractivity contribution is -0.155. The van der Waals surface area contributed by atoms with Gasteiger partial charge in [0, 0.05) is 32.2 Å². The lowest BCUT2D eigenvalue weighted by atomic mass is 10.1. The quantitative estimate of drug-likeness (QED) is 0.582. The minimum absolute atomic E-state index is 0.00457. The molecule has 2 aliphatic rings. The predicted octanol–water partition coefficient (Wildman–Crippen LogP) is 1.34. The van der Waals surface area contributed by atoms with E-state index in [4.69, 9.17) is 4.74 Å². The van der Waals surface area contributed by atoms with Crippen molar-refractivity contribution in [1.29, 1.82) is 0 Å². The van der Waals surface area contributed by atoms with Crippen molar-refractivity contribution in [1.82, 2.24) is 35.0 Å². The van der Waals surface area contributed by atoms with E-state index < -0.39 is 19.0 Å². The Morgan fingerprint density at radius 2 is 1.97 bits per heavy atom. The molecule has 0 aliphatic carbocycles. The van der Waals surface area contributed by atoms with Crippen molar-refractivity contribution in [3.63, 3.8) is 0 Å². The summed E-state index contributed by atoms with van der Waals surface area (Å²) in [6.45, 7) is 3.07. The SMILES string of the molecule is Cc1nnn(C(C)F)c1COc1ccc(N2CC(=O)N3CCN(CC(F)(F)F)CC3C2)nn1. The van der Waals surface area contributed by atoms with Gasteiger partial charge in [-0.15, -0.1) is 15.3 Å². The minimum Gasteiger partial charge on any atom is -0.470 e. The van der Waals surface area contributed by atoms with E-state index in [-0.39, 0.29) is 50.6 Å². The summed E-state index contributed by atoms with van der Waals surface area (Å²) in [4.78, 5) is 17.2. The number of carbonyl (C=O) groups excluding carboxylic acids is 1. The van der Waals surface area contributed by atoms with Crippen LogP contribution in [0, 0.1) is 6.92 Å². The van der Waals surface area contributed by atoms with E-state index in [9.17, 15) is 22.4 Å². The maximum atomic E-state index is 13.6. The predicted molar refractivity (Wildman–Crippen MR) is 107 cm³/mol. The molecule has 0 aromatic carbocycles. The number of anilines is 1. The molecule has 0 bridgehead atoms. The van der Waals surface area contributed by atoms with E-state index in [2.05, 4.69) is 20.5 Å². The standard InChI is InChI=1S/C19H24F4N8O2/c1-12-15(31(13(2)20)27-24-12)10-33-17-4-3-16(25-26-17)29-8-14-7-28(11-19(21,22)23)5-6-30(14)18(32)9-29/h3-4,13-14H,5-11H2,1-2H3. The first-order valence-corrected chi connectivity index (χ1v) is 10.5. The first-order valence-electron chi connectivity index (χ1n) is 10.5. The van der Waals surface area contributed by atoms with Gasteiger partial charge in [-0.1, -0.05) is 5.21 Å². The topological polar surface area (TPSA) is 92.5 Å². The second-order valence-corrected chi connectivity index (χ2v) is 8.13. The average molecular weight is 472 g/mol. The second kappa shape index (κ2) is 9.08. The third-order valence-electron chi connectivity index (χ3n) is 5.68. The van der Waals surface area contributed by atoms with E-state index in [1.807, 2.05) is 0 Å². The maximum Gasteiger partial charge on any atom is 0.401 e. The highest BCUT2D eigenvalue weighted by Gasteiger charge is 2.40. The molecule has 4 rings (SSSR count). The van der Waals surface area contributed by atoms with E-state index >= 15 is 0 Å². The van der Waals surface area contributed by atoms with Gasteiger partial charge < -0.3 is 14.5 Å². The fourth-order valence-corrected chi connectivity index (χ4v) is 4.10. The Balaban J connectivity index is 1.39. The fraction of sp³-hybridized carbons (Fsp3) is 0.632. The van der Waals surface area contributed by atoms with Gasteiger partial charge in [0.1, 0.15) is 12.3 Å². The number of amides is 1. The van der Waals surface area contributed by atoms with Crippen molar-refractivity contribution < 1.29 is 27.1 Å². The molecular weight excluding hydrogens is 448 g/mol. The highest BCUT2D eigenvalue weighted by atomic mass is 19.4. The van der Waals surface area contributed by atoms with E-state index in [1.165, 1.54) is 11.8 Å². The second-order valence-electron chi connectivity index (χ2n) is 8.13. The largest absolute Gasteiger partial charge is 0.470 e. The van der Waals surface area contributed by atoms with E-state index in [0.29, 0.717) is 23.8 Å². The number of hydrogen-bond acceptors (Lipinski definition) is 8. The van der Waals surface area contributed by atoms with Crippen LogP contribution in [0.15, 0.2) is 12.1 Å². The van der Waals surface area contributed by atoms with Crippen LogP contribution >= 0.6 is 0 Å². The molecule has 0 N–H and O–H groups in total. The van der Waals surface area contributed by atoms with Crippen LogP contribution in [0.2, 0.25) is 0 Å². The zero-order valence-corrected chi connectivity index (χ0v) is 18.2. The summed E-state index contributed by atoms with van der Waals surface area (Å²) in [6, 6.07) is 2.83. The number of aryl methyl sites for hydroxylation is 1. The van der Waals surface area contributed by atoms with Gasteiger partial charge in [-0.25, -0.2) is 9.07 Å². The van der Waals surface area contributed by atoms with E-state index in [0.717, 1.165) is 4.68 Å². The average Bonchev–Trinajstić information content (AvgIpc) is 3.12. The Bertz CT molecular complexity index is 981. The highest BCUT2D eigenvalue weighted by molar-refractivity contribution is 5.83. The summed E-state index contributed by atoms with van der Waals surface area (Å²) in [6.07, 6.45) is -5.64. The Labute approximate surface area is 187 Å². The zero-order chi connectivity index (χ0) is 23.8. The molecule has 14 heteroatoms. The number of nitrogens with zero attached hydrogens (tertiary/aromatic N) is 8. The number of carbonyl (C=O) groups is 1. The third-order valence-corrected chi connectivity index (χ3v) is 5.68. The smallest absolute Gasteiger partial charge is 0.401 e. The normalized spacial score (nSPS) is 20.7. The lowest BCUT2D eigenvalue weighted by Crippen LogP contribution is -2.65. The van der Waals surface area contributed by atoms with Gasteiger partial charge in [0.2, 0.25) is 11.8 Å². The lowest BCUT2D eigenvalue weighted by Gasteiger charge is -2.47. The van der Waals surface area contributed by atoms with E-state index in [1.54, 1.807) is 28.9 Å². The van der Waals surface area contributed by atoms with Crippen molar-refractivity contribution in [2.45, 2.75) is 39.0 Å². The van der Waals surface area contributed by atoms with Crippen molar-refractivity contribution in [3.8, 4) is 5.88 Å². The number of fused-ring (bicyclic) bond motifs is 1. The van der Waals surface area contributed by atoms with Crippen LogP contribution in [-0.4, -0.2) is 92.4 Å². The molecule has 0 saturated carbocycles. The number of hydrogen-bond donors (Lipinski definition) is 0. The van der Waals surface area contributed by atoms with Crippen LogP contribution in [0.4, 0.5) is 23.4 Å². The summed E-state index contributed by atoms with van der Waals surface area (Å²) in [5.41, 5.74) is 1.01. The molecule has 2 atom stereocenters. The van der Waals surface area contributed by atoms with Gasteiger partial charge in [-0.05, 0) is 19.9 Å². The molecular formula is C19H24F4N8O2. The van der Waals surface area contributed by atoms with Crippen molar-refractivity contribution in [2.24, 2.45) is 0 Å². The number of ether oxygens (including phenoxy) is 1. The molecule has 2 aromatic heterocycles. The first-order chi connectivity index (χ1) is 15.6. The molecule has 2 saturated heterocycles. The van der Waals surface area contributed by atoms with Gasteiger partial charge in [-0.2, -0.15) is 13.2 Å². The molecule has 1 amide bonds. The molecule has 2 unspecified atom stereocenters. The van der Waals surface area contributed by atoms with Crippen molar-refractivity contribution in [2.75, 3.05) is 44.2 Å². The Morgan fingerprint density at radius 3 is 2.64 bits per heavy atom. The molecule has 2 aromatic rings. The molecule has 33 heavy (non-hydrogen) atoms. The fourth-order valence-electron chi connectivity index (χ4n) is 4.10. The van der Waals surface area contributed by atoms with Crippen LogP contribution in [-0.2, 0) is 11.4 Å². The zero-order valence-electron chi connectivity index (χ0n) is 18.2. The summed E-state index contributed by atoms with van der Waals surface area (Å²) in [5.74, 6) is 0.455. The number of piperazine rings is 2. The number of halogens is 4. The van der Waals surface area contributed by atoms with Gasteiger partial charge in [-0.3, -0.25) is 9.69 Å². The Morgan fingerprint density at radius 1 is 1.18 bits per heavy atom. The summed E-state index contributed by atoms with van der Waals surface area (Å²) < 4.78 is 58.6.